The summed E-state index contributed by atoms with van der Waals surface area (Å²) < 4.78 is 6.66. The van der Waals surface area contributed by atoms with Gasteiger partial charge in [0.1, 0.15) is 12.4 Å². The fourth-order valence-corrected chi connectivity index (χ4v) is 2.27. The van der Waals surface area contributed by atoms with Crippen molar-refractivity contribution in [2.45, 2.75) is 19.4 Å². The number of halogens is 2. The Balaban J connectivity index is 2.09. The monoisotopic (exact) mass is 325 g/mol. The van der Waals surface area contributed by atoms with Crippen molar-refractivity contribution in [3.63, 3.8) is 0 Å². The van der Waals surface area contributed by atoms with E-state index < -0.39 is 0 Å². The molecular formula is C14H13BrClNO. The van der Waals surface area contributed by atoms with Gasteiger partial charge in [0, 0.05) is 12.1 Å². The molecule has 2 nitrogen and oxygen atoms in total. The van der Waals surface area contributed by atoms with Gasteiger partial charge in [0.15, 0.2) is 0 Å². The Morgan fingerprint density at radius 2 is 2.17 bits per heavy atom. The first-order valence-electron chi connectivity index (χ1n) is 5.58. The summed E-state index contributed by atoms with van der Waals surface area (Å²) >= 11 is 9.25. The summed E-state index contributed by atoms with van der Waals surface area (Å²) in [6.07, 6.45) is 1.78. The predicted octanol–water partition coefficient (Wildman–Crippen LogP) is 4.47. The van der Waals surface area contributed by atoms with Gasteiger partial charge in [-0.1, -0.05) is 12.1 Å². The molecule has 2 rings (SSSR count). The number of hydrogen-bond acceptors (Lipinski definition) is 2. The molecule has 0 N–H and O–H groups in total. The Kier molecular flexibility index (Phi) is 4.61. The molecule has 18 heavy (non-hydrogen) atoms. The van der Waals surface area contributed by atoms with Crippen LogP contribution in [0.1, 0.15) is 16.8 Å². The molecule has 2 aromatic rings. The molecule has 0 saturated heterocycles. The van der Waals surface area contributed by atoms with Crippen molar-refractivity contribution in [2.24, 2.45) is 0 Å². The number of pyridine rings is 1. The average molecular weight is 327 g/mol. The average Bonchev–Trinajstić information content (AvgIpc) is 2.39. The number of aromatic nitrogens is 1. The van der Waals surface area contributed by atoms with Crippen LogP contribution in [0.5, 0.6) is 5.75 Å². The molecule has 0 aliphatic heterocycles. The molecule has 4 heteroatoms. The van der Waals surface area contributed by atoms with Crippen LogP contribution in [0.2, 0.25) is 0 Å². The molecule has 0 fully saturated rings. The van der Waals surface area contributed by atoms with E-state index in [9.17, 15) is 0 Å². The zero-order valence-corrected chi connectivity index (χ0v) is 12.3. The number of nitrogens with zero attached hydrogens (tertiary/aromatic N) is 1. The third kappa shape index (κ3) is 3.24. The molecule has 1 heterocycles. The molecule has 0 aliphatic carbocycles. The van der Waals surface area contributed by atoms with E-state index in [0.717, 1.165) is 27.0 Å². The van der Waals surface area contributed by atoms with Crippen LogP contribution < -0.4 is 4.74 Å². The number of alkyl halides is 1. The highest BCUT2D eigenvalue weighted by Gasteiger charge is 2.04. The molecular weight excluding hydrogens is 314 g/mol. The molecule has 0 amide bonds. The van der Waals surface area contributed by atoms with Crippen LogP contribution >= 0.6 is 27.5 Å². The van der Waals surface area contributed by atoms with Crippen molar-refractivity contribution in [1.29, 1.82) is 0 Å². The van der Waals surface area contributed by atoms with Gasteiger partial charge in [-0.25, -0.2) is 0 Å². The summed E-state index contributed by atoms with van der Waals surface area (Å²) in [5.41, 5.74) is 3.14. The summed E-state index contributed by atoms with van der Waals surface area (Å²) in [4.78, 5) is 4.30. The predicted molar refractivity (Wildman–Crippen MR) is 77.0 cm³/mol. The van der Waals surface area contributed by atoms with Gasteiger partial charge in [-0.05, 0) is 52.2 Å². The number of aryl methyl sites for hydroxylation is 1. The summed E-state index contributed by atoms with van der Waals surface area (Å²) in [6.45, 7) is 2.49. The van der Waals surface area contributed by atoms with Gasteiger partial charge in [0.05, 0.1) is 10.2 Å². The largest absolute Gasteiger partial charge is 0.486 e. The normalized spacial score (nSPS) is 10.4. The number of rotatable bonds is 4. The Bertz CT molecular complexity index is 545. The lowest BCUT2D eigenvalue weighted by Gasteiger charge is -2.10. The maximum Gasteiger partial charge on any atom is 0.134 e. The van der Waals surface area contributed by atoms with E-state index in [4.69, 9.17) is 16.3 Å². The van der Waals surface area contributed by atoms with Crippen molar-refractivity contribution in [3.8, 4) is 5.75 Å². The van der Waals surface area contributed by atoms with Crippen molar-refractivity contribution >= 4 is 27.5 Å². The number of ether oxygens (including phenoxy) is 1. The van der Waals surface area contributed by atoms with Crippen LogP contribution in [-0.2, 0) is 12.5 Å². The Morgan fingerprint density at radius 3 is 2.83 bits per heavy atom. The van der Waals surface area contributed by atoms with Crippen molar-refractivity contribution in [2.75, 3.05) is 0 Å². The first-order valence-corrected chi connectivity index (χ1v) is 6.91. The fourth-order valence-electron chi connectivity index (χ4n) is 1.56. The molecule has 0 bridgehead atoms. The van der Waals surface area contributed by atoms with E-state index in [-0.39, 0.29) is 0 Å². The van der Waals surface area contributed by atoms with Crippen LogP contribution in [0.25, 0.3) is 0 Å². The first kappa shape index (κ1) is 13.4. The van der Waals surface area contributed by atoms with Crippen LogP contribution in [0.3, 0.4) is 0 Å². The van der Waals surface area contributed by atoms with Crippen molar-refractivity contribution < 1.29 is 4.74 Å². The first-order chi connectivity index (χ1) is 8.70. The van der Waals surface area contributed by atoms with E-state index in [0.29, 0.717) is 12.5 Å². The lowest BCUT2D eigenvalue weighted by atomic mass is 10.2. The summed E-state index contributed by atoms with van der Waals surface area (Å²) in [5.74, 6) is 1.30. The van der Waals surface area contributed by atoms with Gasteiger partial charge < -0.3 is 4.74 Å². The molecule has 94 valence electrons. The van der Waals surface area contributed by atoms with Gasteiger partial charge in [-0.2, -0.15) is 0 Å². The SMILES string of the molecule is Cc1cccnc1COc1ccc(CCl)cc1Br. The lowest BCUT2D eigenvalue weighted by Crippen LogP contribution is -2.01. The van der Waals surface area contributed by atoms with E-state index in [1.165, 1.54) is 0 Å². The van der Waals surface area contributed by atoms with Gasteiger partial charge in [0.25, 0.3) is 0 Å². The molecule has 0 atom stereocenters. The van der Waals surface area contributed by atoms with Gasteiger partial charge in [-0.3, -0.25) is 4.98 Å². The zero-order valence-electron chi connectivity index (χ0n) is 9.99. The molecule has 1 aromatic carbocycles. The van der Waals surface area contributed by atoms with Crippen LogP contribution in [0.15, 0.2) is 41.0 Å². The summed E-state index contributed by atoms with van der Waals surface area (Å²) in [5, 5.41) is 0. The minimum atomic E-state index is 0.464. The molecule has 0 saturated carbocycles. The Morgan fingerprint density at radius 1 is 1.33 bits per heavy atom. The fraction of sp³-hybridized carbons (Fsp3) is 0.214. The van der Waals surface area contributed by atoms with Crippen molar-refractivity contribution in [1.82, 2.24) is 4.98 Å². The topological polar surface area (TPSA) is 22.1 Å². The summed E-state index contributed by atoms with van der Waals surface area (Å²) in [7, 11) is 0. The molecule has 1 aromatic heterocycles. The maximum absolute atomic E-state index is 5.77. The third-order valence-corrected chi connectivity index (χ3v) is 3.56. The van der Waals surface area contributed by atoms with E-state index >= 15 is 0 Å². The summed E-state index contributed by atoms with van der Waals surface area (Å²) in [6, 6.07) is 9.79. The highest BCUT2D eigenvalue weighted by atomic mass is 79.9. The van der Waals surface area contributed by atoms with Crippen LogP contribution in [0, 0.1) is 6.92 Å². The van der Waals surface area contributed by atoms with E-state index in [2.05, 4.69) is 20.9 Å². The number of hydrogen-bond donors (Lipinski definition) is 0. The standard InChI is InChI=1S/C14H13BrClNO/c1-10-3-2-6-17-13(10)9-18-14-5-4-11(8-16)7-12(14)15/h2-7H,8-9H2,1H3. The van der Waals surface area contributed by atoms with Gasteiger partial charge in [-0.15, -0.1) is 11.6 Å². The zero-order chi connectivity index (χ0) is 13.0. The molecule has 0 radical (unpaired) electrons. The number of benzene rings is 1. The molecule has 0 unspecified atom stereocenters. The quantitative estimate of drug-likeness (QED) is 0.773. The van der Waals surface area contributed by atoms with Gasteiger partial charge >= 0.3 is 0 Å². The van der Waals surface area contributed by atoms with E-state index in [1.54, 1.807) is 6.20 Å². The van der Waals surface area contributed by atoms with Crippen LogP contribution in [0.4, 0.5) is 0 Å². The second kappa shape index (κ2) is 6.21. The smallest absolute Gasteiger partial charge is 0.134 e. The second-order valence-corrected chi connectivity index (χ2v) is 5.08. The van der Waals surface area contributed by atoms with Crippen LogP contribution in [-0.4, -0.2) is 4.98 Å². The Labute approximate surface area is 120 Å². The third-order valence-electron chi connectivity index (χ3n) is 2.63. The minimum Gasteiger partial charge on any atom is -0.486 e. The molecule has 0 spiro atoms. The Hall–Kier alpha value is -1.06. The van der Waals surface area contributed by atoms with Crippen molar-refractivity contribution in [3.05, 3.63) is 57.8 Å². The maximum atomic E-state index is 5.77. The highest BCUT2D eigenvalue weighted by Crippen LogP contribution is 2.27. The van der Waals surface area contributed by atoms with E-state index in [1.807, 2.05) is 37.3 Å². The highest BCUT2D eigenvalue weighted by molar-refractivity contribution is 9.10. The van der Waals surface area contributed by atoms with Gasteiger partial charge in [0.2, 0.25) is 0 Å². The molecule has 0 aliphatic rings. The lowest BCUT2D eigenvalue weighted by molar-refractivity contribution is 0.298. The second-order valence-electron chi connectivity index (χ2n) is 3.95. The minimum absolute atomic E-state index is 0.464.